The van der Waals surface area contributed by atoms with Gasteiger partial charge in [-0.3, -0.25) is 9.80 Å². The van der Waals surface area contributed by atoms with Crippen molar-refractivity contribution in [3.8, 4) is 11.5 Å². The molecule has 0 bridgehead atoms. The van der Waals surface area contributed by atoms with E-state index in [2.05, 4.69) is 19.9 Å². The van der Waals surface area contributed by atoms with Gasteiger partial charge in [-0.15, -0.1) is 0 Å². The molecule has 1 atom stereocenters. The molecule has 134 valence electrons. The fourth-order valence-corrected chi connectivity index (χ4v) is 3.56. The molecule has 0 aliphatic carbocycles. The summed E-state index contributed by atoms with van der Waals surface area (Å²) in [5.41, 5.74) is 0.746. The molecule has 24 heavy (non-hydrogen) atoms. The molecule has 0 saturated carbocycles. The Kier molecular flexibility index (Phi) is 5.86. The SMILES string of the molecule is COc1ccc(OC(F)F)c(CN2CCC(N3CCNCC3)C2)c1. The lowest BCUT2D eigenvalue weighted by atomic mass is 10.1. The molecule has 0 aromatic heterocycles. The van der Waals surface area contributed by atoms with Gasteiger partial charge in [-0.05, 0) is 24.6 Å². The fraction of sp³-hybridized carbons (Fsp3) is 0.647. The molecule has 1 N–H and O–H groups in total. The Morgan fingerprint density at radius 2 is 2.04 bits per heavy atom. The predicted molar refractivity (Wildman–Crippen MR) is 87.8 cm³/mol. The van der Waals surface area contributed by atoms with Crippen LogP contribution in [0.5, 0.6) is 11.5 Å². The molecule has 2 aliphatic rings. The van der Waals surface area contributed by atoms with Crippen LogP contribution in [0.4, 0.5) is 8.78 Å². The van der Waals surface area contributed by atoms with Gasteiger partial charge in [0, 0.05) is 57.4 Å². The van der Waals surface area contributed by atoms with Crippen molar-refractivity contribution in [3.05, 3.63) is 23.8 Å². The van der Waals surface area contributed by atoms with Crippen LogP contribution in [0.2, 0.25) is 0 Å². The van der Waals surface area contributed by atoms with E-state index in [-0.39, 0.29) is 5.75 Å². The zero-order chi connectivity index (χ0) is 16.9. The minimum atomic E-state index is -2.82. The molecule has 1 unspecified atom stereocenters. The number of benzene rings is 1. The van der Waals surface area contributed by atoms with Crippen molar-refractivity contribution in [2.75, 3.05) is 46.4 Å². The van der Waals surface area contributed by atoms with Crippen LogP contribution in [0.25, 0.3) is 0 Å². The molecule has 1 aromatic carbocycles. The third kappa shape index (κ3) is 4.34. The van der Waals surface area contributed by atoms with Crippen LogP contribution in [0, 0.1) is 0 Å². The largest absolute Gasteiger partial charge is 0.497 e. The lowest BCUT2D eigenvalue weighted by molar-refractivity contribution is -0.0507. The highest BCUT2D eigenvalue weighted by Crippen LogP contribution is 2.28. The number of rotatable bonds is 6. The van der Waals surface area contributed by atoms with E-state index in [9.17, 15) is 8.78 Å². The molecule has 2 saturated heterocycles. The van der Waals surface area contributed by atoms with Crippen molar-refractivity contribution in [3.63, 3.8) is 0 Å². The second kappa shape index (κ2) is 8.09. The molecule has 0 radical (unpaired) electrons. The highest BCUT2D eigenvalue weighted by Gasteiger charge is 2.29. The Balaban J connectivity index is 1.64. The third-order valence-electron chi connectivity index (χ3n) is 4.79. The van der Waals surface area contributed by atoms with E-state index in [1.165, 1.54) is 0 Å². The summed E-state index contributed by atoms with van der Waals surface area (Å²) in [5.74, 6) is 0.890. The van der Waals surface area contributed by atoms with Gasteiger partial charge in [-0.2, -0.15) is 8.78 Å². The predicted octanol–water partition coefficient (Wildman–Crippen LogP) is 1.78. The molecule has 0 spiro atoms. The Labute approximate surface area is 141 Å². The standard InChI is InChI=1S/C17H25F2N3O2/c1-23-15-2-3-16(24-17(18)19)13(10-15)11-21-7-4-14(12-21)22-8-5-20-6-9-22/h2-3,10,14,17,20H,4-9,11-12H2,1H3. The van der Waals surface area contributed by atoms with Gasteiger partial charge in [-0.1, -0.05) is 0 Å². The maximum absolute atomic E-state index is 12.6. The maximum atomic E-state index is 12.6. The highest BCUT2D eigenvalue weighted by molar-refractivity contribution is 5.40. The molecule has 1 aromatic rings. The van der Waals surface area contributed by atoms with E-state index in [0.717, 1.165) is 51.3 Å². The number of likely N-dealkylation sites (tertiary alicyclic amines) is 1. The van der Waals surface area contributed by atoms with E-state index in [4.69, 9.17) is 4.74 Å². The summed E-state index contributed by atoms with van der Waals surface area (Å²) in [7, 11) is 1.57. The normalized spacial score (nSPS) is 22.9. The number of piperazine rings is 1. The highest BCUT2D eigenvalue weighted by atomic mass is 19.3. The number of methoxy groups -OCH3 is 1. The van der Waals surface area contributed by atoms with Crippen molar-refractivity contribution in [2.45, 2.75) is 25.6 Å². The summed E-state index contributed by atoms with van der Waals surface area (Å²) in [4.78, 5) is 4.83. The lowest BCUT2D eigenvalue weighted by Crippen LogP contribution is -2.49. The molecule has 2 heterocycles. The summed E-state index contributed by atoms with van der Waals surface area (Å²) in [6.45, 7) is 3.96. The summed E-state index contributed by atoms with van der Waals surface area (Å²) in [6.07, 6.45) is 1.12. The molecule has 2 fully saturated rings. The van der Waals surface area contributed by atoms with Gasteiger partial charge in [0.1, 0.15) is 11.5 Å². The molecule has 2 aliphatic heterocycles. The fourth-order valence-electron chi connectivity index (χ4n) is 3.56. The number of hydrogen-bond donors (Lipinski definition) is 1. The smallest absolute Gasteiger partial charge is 0.387 e. The summed E-state index contributed by atoms with van der Waals surface area (Å²) in [5, 5.41) is 3.37. The van der Waals surface area contributed by atoms with E-state index in [1.54, 1.807) is 25.3 Å². The van der Waals surface area contributed by atoms with Crippen molar-refractivity contribution in [1.82, 2.24) is 15.1 Å². The Hall–Kier alpha value is -1.44. The second-order valence-electron chi connectivity index (χ2n) is 6.32. The number of halogens is 2. The Morgan fingerprint density at radius 3 is 2.75 bits per heavy atom. The van der Waals surface area contributed by atoms with Crippen molar-refractivity contribution in [2.24, 2.45) is 0 Å². The molecular formula is C17H25F2N3O2. The van der Waals surface area contributed by atoms with E-state index < -0.39 is 6.61 Å². The van der Waals surface area contributed by atoms with Gasteiger partial charge >= 0.3 is 6.61 Å². The molecule has 5 nitrogen and oxygen atoms in total. The lowest BCUT2D eigenvalue weighted by Gasteiger charge is -2.32. The van der Waals surface area contributed by atoms with Crippen LogP contribution in [0.3, 0.4) is 0 Å². The molecular weight excluding hydrogens is 316 g/mol. The van der Waals surface area contributed by atoms with Crippen LogP contribution in [0.15, 0.2) is 18.2 Å². The number of hydrogen-bond acceptors (Lipinski definition) is 5. The second-order valence-corrected chi connectivity index (χ2v) is 6.32. The Bertz CT molecular complexity index is 539. The quantitative estimate of drug-likeness (QED) is 0.854. The number of ether oxygens (including phenoxy) is 2. The van der Waals surface area contributed by atoms with Crippen LogP contribution in [0.1, 0.15) is 12.0 Å². The van der Waals surface area contributed by atoms with Gasteiger partial charge in [0.05, 0.1) is 7.11 Å². The van der Waals surface area contributed by atoms with E-state index in [1.807, 2.05) is 0 Å². The molecule has 0 amide bonds. The average molecular weight is 341 g/mol. The first-order valence-corrected chi connectivity index (χ1v) is 8.44. The summed E-state index contributed by atoms with van der Waals surface area (Å²) < 4.78 is 35.1. The zero-order valence-corrected chi connectivity index (χ0v) is 14.0. The van der Waals surface area contributed by atoms with Crippen LogP contribution in [-0.4, -0.2) is 68.8 Å². The number of nitrogens with one attached hydrogen (secondary N) is 1. The van der Waals surface area contributed by atoms with Crippen molar-refractivity contribution >= 4 is 0 Å². The first-order chi connectivity index (χ1) is 11.7. The van der Waals surface area contributed by atoms with Crippen LogP contribution >= 0.6 is 0 Å². The van der Waals surface area contributed by atoms with Gasteiger partial charge in [0.2, 0.25) is 0 Å². The maximum Gasteiger partial charge on any atom is 0.387 e. The zero-order valence-electron chi connectivity index (χ0n) is 14.0. The number of alkyl halides is 2. The molecule has 3 rings (SSSR count). The van der Waals surface area contributed by atoms with E-state index >= 15 is 0 Å². The third-order valence-corrected chi connectivity index (χ3v) is 4.79. The molecule has 7 heteroatoms. The van der Waals surface area contributed by atoms with Crippen molar-refractivity contribution in [1.29, 1.82) is 0 Å². The minimum Gasteiger partial charge on any atom is -0.497 e. The van der Waals surface area contributed by atoms with Gasteiger partial charge in [0.25, 0.3) is 0 Å². The van der Waals surface area contributed by atoms with E-state index in [0.29, 0.717) is 18.3 Å². The van der Waals surface area contributed by atoms with Crippen LogP contribution < -0.4 is 14.8 Å². The minimum absolute atomic E-state index is 0.233. The van der Waals surface area contributed by atoms with Gasteiger partial charge in [-0.25, -0.2) is 0 Å². The summed E-state index contributed by atoms with van der Waals surface area (Å²) >= 11 is 0. The first-order valence-electron chi connectivity index (χ1n) is 8.44. The number of nitrogens with zero attached hydrogens (tertiary/aromatic N) is 2. The Morgan fingerprint density at radius 1 is 1.25 bits per heavy atom. The van der Waals surface area contributed by atoms with Crippen LogP contribution in [-0.2, 0) is 6.54 Å². The average Bonchev–Trinajstić information content (AvgIpc) is 3.05. The summed E-state index contributed by atoms with van der Waals surface area (Å²) in [6, 6.07) is 5.55. The first kappa shape index (κ1) is 17.4. The van der Waals surface area contributed by atoms with Crippen molar-refractivity contribution < 1.29 is 18.3 Å². The monoisotopic (exact) mass is 341 g/mol. The van der Waals surface area contributed by atoms with Gasteiger partial charge < -0.3 is 14.8 Å². The topological polar surface area (TPSA) is 37.0 Å². The van der Waals surface area contributed by atoms with Gasteiger partial charge in [0.15, 0.2) is 0 Å².